The van der Waals surface area contributed by atoms with Crippen molar-refractivity contribution in [2.45, 2.75) is 17.7 Å². The van der Waals surface area contributed by atoms with Gasteiger partial charge in [0.05, 0.1) is 4.90 Å². The number of aryl methyl sites for hydroxylation is 1. The Morgan fingerprint density at radius 3 is 2.58 bits per heavy atom. The highest BCUT2D eigenvalue weighted by atomic mass is 32.2. The summed E-state index contributed by atoms with van der Waals surface area (Å²) in [5.74, 6) is 0.179. The van der Waals surface area contributed by atoms with Gasteiger partial charge in [-0.1, -0.05) is 0 Å². The molecule has 8 heteroatoms. The van der Waals surface area contributed by atoms with Crippen molar-refractivity contribution in [3.05, 3.63) is 48.0 Å². The molecule has 0 saturated carbocycles. The lowest BCUT2D eigenvalue weighted by molar-refractivity contribution is -0.118. The lowest BCUT2D eigenvalue weighted by atomic mass is 10.0. The van der Waals surface area contributed by atoms with Gasteiger partial charge in [-0.3, -0.25) is 9.59 Å². The summed E-state index contributed by atoms with van der Waals surface area (Å²) >= 11 is 0. The van der Waals surface area contributed by atoms with Gasteiger partial charge in [0.15, 0.2) is 16.4 Å². The minimum Gasteiger partial charge on any atom is -0.484 e. The number of sulfone groups is 1. The van der Waals surface area contributed by atoms with Gasteiger partial charge in [-0.25, -0.2) is 8.42 Å². The lowest BCUT2D eigenvalue weighted by Crippen LogP contribution is -2.21. The van der Waals surface area contributed by atoms with Crippen LogP contribution in [-0.4, -0.2) is 33.1 Å². The van der Waals surface area contributed by atoms with Crippen molar-refractivity contribution in [2.75, 3.05) is 23.5 Å². The van der Waals surface area contributed by atoms with Crippen molar-refractivity contribution in [3.63, 3.8) is 0 Å². The molecule has 1 heterocycles. The van der Waals surface area contributed by atoms with Crippen molar-refractivity contribution in [2.24, 2.45) is 0 Å². The molecule has 0 bridgehead atoms. The zero-order chi connectivity index (χ0) is 18.7. The molecule has 2 N–H and O–H groups in total. The van der Waals surface area contributed by atoms with Crippen LogP contribution in [0.15, 0.2) is 47.4 Å². The van der Waals surface area contributed by atoms with Gasteiger partial charge in [0.1, 0.15) is 5.75 Å². The number of carbonyl (C=O) groups excluding carboxylic acids is 2. The SMILES string of the molecule is CS(=O)(=O)c1ccc(NC(=O)COc2ccc3c(c2)CCC(=O)N3)cc1. The third-order valence-electron chi connectivity index (χ3n) is 3.91. The summed E-state index contributed by atoms with van der Waals surface area (Å²) < 4.78 is 28.3. The van der Waals surface area contributed by atoms with Crippen LogP contribution in [0.5, 0.6) is 5.75 Å². The van der Waals surface area contributed by atoms with Gasteiger partial charge in [0, 0.05) is 24.1 Å². The van der Waals surface area contributed by atoms with Crippen molar-refractivity contribution in [3.8, 4) is 5.75 Å². The van der Waals surface area contributed by atoms with E-state index in [0.29, 0.717) is 24.3 Å². The van der Waals surface area contributed by atoms with E-state index in [1.807, 2.05) is 6.07 Å². The summed E-state index contributed by atoms with van der Waals surface area (Å²) in [4.78, 5) is 23.5. The van der Waals surface area contributed by atoms with Crippen molar-refractivity contribution in [1.29, 1.82) is 0 Å². The second-order valence-corrected chi connectivity index (χ2v) is 8.02. The lowest BCUT2D eigenvalue weighted by Gasteiger charge is -2.17. The molecule has 3 rings (SSSR count). The van der Waals surface area contributed by atoms with E-state index < -0.39 is 9.84 Å². The maximum atomic E-state index is 12.0. The number of hydrogen-bond acceptors (Lipinski definition) is 5. The number of nitrogens with one attached hydrogen (secondary N) is 2. The van der Waals surface area contributed by atoms with Crippen LogP contribution in [0, 0.1) is 0 Å². The van der Waals surface area contributed by atoms with E-state index in [9.17, 15) is 18.0 Å². The first-order chi connectivity index (χ1) is 12.3. The minimum atomic E-state index is -3.27. The summed E-state index contributed by atoms with van der Waals surface area (Å²) in [7, 11) is -3.27. The highest BCUT2D eigenvalue weighted by molar-refractivity contribution is 7.90. The number of benzene rings is 2. The van der Waals surface area contributed by atoms with Crippen LogP contribution in [-0.2, 0) is 25.8 Å². The number of carbonyl (C=O) groups is 2. The fraction of sp³-hybridized carbons (Fsp3) is 0.222. The molecule has 2 aromatic rings. The van der Waals surface area contributed by atoms with E-state index in [2.05, 4.69) is 10.6 Å². The Morgan fingerprint density at radius 2 is 1.88 bits per heavy atom. The number of fused-ring (bicyclic) bond motifs is 1. The van der Waals surface area contributed by atoms with Crippen molar-refractivity contribution >= 4 is 33.0 Å². The van der Waals surface area contributed by atoms with E-state index >= 15 is 0 Å². The molecule has 2 amide bonds. The summed E-state index contributed by atoms with van der Waals surface area (Å²) in [5, 5.41) is 5.43. The van der Waals surface area contributed by atoms with Crippen LogP contribution in [0.1, 0.15) is 12.0 Å². The number of anilines is 2. The molecule has 1 aliphatic rings. The second-order valence-electron chi connectivity index (χ2n) is 6.00. The second kappa shape index (κ2) is 7.17. The van der Waals surface area contributed by atoms with Crippen molar-refractivity contribution in [1.82, 2.24) is 0 Å². The molecular weight excluding hydrogens is 356 g/mol. The summed E-state index contributed by atoms with van der Waals surface area (Å²) in [6, 6.07) is 11.2. The number of amides is 2. The van der Waals surface area contributed by atoms with Gasteiger partial charge in [0.25, 0.3) is 5.91 Å². The highest BCUT2D eigenvalue weighted by Crippen LogP contribution is 2.26. The molecule has 136 valence electrons. The number of ether oxygens (including phenoxy) is 1. The van der Waals surface area contributed by atoms with E-state index in [1.54, 1.807) is 12.1 Å². The maximum Gasteiger partial charge on any atom is 0.262 e. The first kappa shape index (κ1) is 17.9. The predicted molar refractivity (Wildman–Crippen MR) is 97.1 cm³/mol. The molecule has 0 fully saturated rings. The zero-order valence-electron chi connectivity index (χ0n) is 14.1. The smallest absolute Gasteiger partial charge is 0.262 e. The Labute approximate surface area is 151 Å². The largest absolute Gasteiger partial charge is 0.484 e. The van der Waals surface area contributed by atoms with Gasteiger partial charge in [0.2, 0.25) is 5.91 Å². The average Bonchev–Trinajstić information content (AvgIpc) is 2.59. The summed E-state index contributed by atoms with van der Waals surface area (Å²) in [6.07, 6.45) is 2.19. The number of hydrogen-bond donors (Lipinski definition) is 2. The van der Waals surface area contributed by atoms with E-state index in [-0.39, 0.29) is 23.3 Å². The molecule has 1 aliphatic heterocycles. The molecule has 0 atom stereocenters. The minimum absolute atomic E-state index is 0.00700. The van der Waals surface area contributed by atoms with Gasteiger partial charge in [-0.05, 0) is 54.4 Å². The first-order valence-electron chi connectivity index (χ1n) is 7.97. The monoisotopic (exact) mass is 374 g/mol. The zero-order valence-corrected chi connectivity index (χ0v) is 14.9. The van der Waals surface area contributed by atoms with E-state index in [4.69, 9.17) is 4.74 Å². The Hall–Kier alpha value is -2.87. The fourth-order valence-corrected chi connectivity index (χ4v) is 3.21. The molecule has 7 nitrogen and oxygen atoms in total. The third-order valence-corrected chi connectivity index (χ3v) is 5.04. The van der Waals surface area contributed by atoms with Crippen LogP contribution < -0.4 is 15.4 Å². The van der Waals surface area contributed by atoms with E-state index in [0.717, 1.165) is 17.5 Å². The Bertz CT molecular complexity index is 952. The third kappa shape index (κ3) is 4.40. The van der Waals surface area contributed by atoms with Gasteiger partial charge < -0.3 is 15.4 Å². The summed E-state index contributed by atoms with van der Waals surface area (Å²) in [5.41, 5.74) is 2.22. The fourth-order valence-electron chi connectivity index (χ4n) is 2.58. The van der Waals surface area contributed by atoms with Crippen LogP contribution in [0.3, 0.4) is 0 Å². The van der Waals surface area contributed by atoms with Crippen LogP contribution >= 0.6 is 0 Å². The Morgan fingerprint density at radius 1 is 1.15 bits per heavy atom. The summed E-state index contributed by atoms with van der Waals surface area (Å²) in [6.45, 7) is -0.182. The Kier molecular flexibility index (Phi) is 4.94. The molecular formula is C18H18N2O5S. The maximum absolute atomic E-state index is 12.0. The number of rotatable bonds is 5. The van der Waals surface area contributed by atoms with Crippen LogP contribution in [0.4, 0.5) is 11.4 Å². The van der Waals surface area contributed by atoms with Crippen molar-refractivity contribution < 1.29 is 22.7 Å². The van der Waals surface area contributed by atoms with Gasteiger partial charge in [-0.2, -0.15) is 0 Å². The molecule has 0 saturated heterocycles. The predicted octanol–water partition coefficient (Wildman–Crippen LogP) is 1.99. The topological polar surface area (TPSA) is 102 Å². The molecule has 0 aliphatic carbocycles. The highest BCUT2D eigenvalue weighted by Gasteiger charge is 2.15. The van der Waals surface area contributed by atoms with Gasteiger partial charge in [-0.15, -0.1) is 0 Å². The van der Waals surface area contributed by atoms with E-state index in [1.165, 1.54) is 24.3 Å². The molecule has 2 aromatic carbocycles. The molecule has 0 unspecified atom stereocenters. The van der Waals surface area contributed by atoms with Crippen LogP contribution in [0.2, 0.25) is 0 Å². The van der Waals surface area contributed by atoms with Crippen LogP contribution in [0.25, 0.3) is 0 Å². The first-order valence-corrected chi connectivity index (χ1v) is 9.86. The standard InChI is InChI=1S/C18H18N2O5S/c1-26(23,24)15-6-3-13(4-7-15)19-18(22)11-25-14-5-8-16-12(10-14)2-9-17(21)20-16/h3-8,10H,2,9,11H2,1H3,(H,19,22)(H,20,21). The molecule has 0 aromatic heterocycles. The Balaban J connectivity index is 1.57. The van der Waals surface area contributed by atoms with Gasteiger partial charge >= 0.3 is 0 Å². The normalized spacial score (nSPS) is 13.5. The molecule has 0 spiro atoms. The average molecular weight is 374 g/mol. The quantitative estimate of drug-likeness (QED) is 0.833. The molecule has 0 radical (unpaired) electrons. The molecule has 26 heavy (non-hydrogen) atoms.